The Morgan fingerprint density at radius 2 is 1.55 bits per heavy atom. The zero-order chi connectivity index (χ0) is 14.8. The number of hydrogen-bond acceptors (Lipinski definition) is 1. The summed E-state index contributed by atoms with van der Waals surface area (Å²) in [4.78, 5) is 0. The minimum absolute atomic E-state index is 0.110. The molecule has 0 aromatic heterocycles. The molecule has 1 nitrogen and oxygen atoms in total. The Hall–Kier alpha value is -1.97. The third kappa shape index (κ3) is 3.53. The molecule has 1 N–H and O–H groups in total. The van der Waals surface area contributed by atoms with Gasteiger partial charge in [0.15, 0.2) is 0 Å². The zero-order valence-electron chi connectivity index (χ0n) is 11.4. The monoisotopic (exact) mass is 279 g/mol. The van der Waals surface area contributed by atoms with E-state index in [4.69, 9.17) is 0 Å². The van der Waals surface area contributed by atoms with Gasteiger partial charge in [-0.15, -0.1) is 0 Å². The van der Waals surface area contributed by atoms with Gasteiger partial charge >= 0.3 is 6.18 Å². The largest absolute Gasteiger partial charge is 0.418 e. The van der Waals surface area contributed by atoms with E-state index in [0.717, 1.165) is 22.8 Å². The lowest BCUT2D eigenvalue weighted by atomic mass is 10.1. The van der Waals surface area contributed by atoms with Crippen molar-refractivity contribution in [1.29, 1.82) is 0 Å². The van der Waals surface area contributed by atoms with E-state index >= 15 is 0 Å². The SMILES string of the molecule is Cc1cc(C)cc(CNc2ccccc2C(F)(F)F)c1. The Morgan fingerprint density at radius 3 is 2.15 bits per heavy atom. The van der Waals surface area contributed by atoms with Gasteiger partial charge in [0.05, 0.1) is 5.56 Å². The Labute approximate surface area is 116 Å². The molecule has 0 bridgehead atoms. The van der Waals surface area contributed by atoms with Crippen LogP contribution in [0.4, 0.5) is 18.9 Å². The summed E-state index contributed by atoms with van der Waals surface area (Å²) in [5.41, 5.74) is 2.65. The maximum absolute atomic E-state index is 12.9. The Balaban J connectivity index is 2.19. The number of anilines is 1. The third-order valence-corrected chi connectivity index (χ3v) is 3.00. The molecular formula is C16H16F3N. The Bertz CT molecular complexity index is 583. The predicted molar refractivity (Wildman–Crippen MR) is 74.7 cm³/mol. The second kappa shape index (κ2) is 5.57. The molecule has 0 spiro atoms. The average Bonchev–Trinajstić information content (AvgIpc) is 2.34. The molecule has 0 aliphatic heterocycles. The first-order valence-corrected chi connectivity index (χ1v) is 6.33. The van der Waals surface area contributed by atoms with Gasteiger partial charge in [-0.05, 0) is 31.5 Å². The van der Waals surface area contributed by atoms with Crippen LogP contribution in [0.5, 0.6) is 0 Å². The lowest BCUT2D eigenvalue weighted by Crippen LogP contribution is -2.10. The molecule has 2 aromatic carbocycles. The molecule has 2 rings (SSSR count). The minimum atomic E-state index is -4.34. The first kappa shape index (κ1) is 14.4. The fraction of sp³-hybridized carbons (Fsp3) is 0.250. The molecule has 0 aliphatic carbocycles. The van der Waals surface area contributed by atoms with Crippen LogP contribution in [0, 0.1) is 13.8 Å². The summed E-state index contributed by atoms with van der Waals surface area (Å²) in [7, 11) is 0. The van der Waals surface area contributed by atoms with Crippen LogP contribution in [0.15, 0.2) is 42.5 Å². The quantitative estimate of drug-likeness (QED) is 0.839. The summed E-state index contributed by atoms with van der Waals surface area (Å²) in [5.74, 6) is 0. The Kier molecular flexibility index (Phi) is 4.02. The number of rotatable bonds is 3. The van der Waals surface area contributed by atoms with Crippen LogP contribution in [-0.4, -0.2) is 0 Å². The van der Waals surface area contributed by atoms with Crippen LogP contribution < -0.4 is 5.32 Å². The highest BCUT2D eigenvalue weighted by molar-refractivity contribution is 5.53. The van der Waals surface area contributed by atoms with Crippen LogP contribution in [0.3, 0.4) is 0 Å². The van der Waals surface area contributed by atoms with Gasteiger partial charge in [0.25, 0.3) is 0 Å². The second-order valence-electron chi connectivity index (χ2n) is 4.89. The van der Waals surface area contributed by atoms with E-state index in [-0.39, 0.29) is 5.69 Å². The van der Waals surface area contributed by atoms with Gasteiger partial charge in [-0.1, -0.05) is 41.5 Å². The number of alkyl halides is 3. The number of nitrogens with one attached hydrogen (secondary N) is 1. The molecule has 20 heavy (non-hydrogen) atoms. The maximum Gasteiger partial charge on any atom is 0.418 e. The number of hydrogen-bond donors (Lipinski definition) is 1. The number of halogens is 3. The summed E-state index contributed by atoms with van der Waals surface area (Å²) in [6.07, 6.45) is -4.34. The number of para-hydroxylation sites is 1. The second-order valence-corrected chi connectivity index (χ2v) is 4.89. The van der Waals surface area contributed by atoms with E-state index in [2.05, 4.69) is 5.32 Å². The fourth-order valence-corrected chi connectivity index (χ4v) is 2.25. The van der Waals surface area contributed by atoms with Crippen molar-refractivity contribution in [3.63, 3.8) is 0 Å². The predicted octanol–water partition coefficient (Wildman–Crippen LogP) is 4.93. The first-order valence-electron chi connectivity index (χ1n) is 6.33. The lowest BCUT2D eigenvalue weighted by Gasteiger charge is -2.14. The molecule has 0 saturated carbocycles. The molecule has 0 radical (unpaired) electrons. The highest BCUT2D eigenvalue weighted by atomic mass is 19.4. The van der Waals surface area contributed by atoms with E-state index < -0.39 is 11.7 Å². The number of benzene rings is 2. The van der Waals surface area contributed by atoms with E-state index in [1.165, 1.54) is 12.1 Å². The van der Waals surface area contributed by atoms with E-state index in [1.54, 1.807) is 6.07 Å². The van der Waals surface area contributed by atoms with Crippen molar-refractivity contribution in [2.24, 2.45) is 0 Å². The van der Waals surface area contributed by atoms with Gasteiger partial charge in [0.2, 0.25) is 0 Å². The molecule has 0 saturated heterocycles. The van der Waals surface area contributed by atoms with Crippen molar-refractivity contribution < 1.29 is 13.2 Å². The van der Waals surface area contributed by atoms with E-state index in [1.807, 2.05) is 32.0 Å². The van der Waals surface area contributed by atoms with Gasteiger partial charge in [0.1, 0.15) is 0 Å². The van der Waals surface area contributed by atoms with Gasteiger partial charge in [0, 0.05) is 12.2 Å². The molecule has 0 heterocycles. The smallest absolute Gasteiger partial charge is 0.380 e. The lowest BCUT2D eigenvalue weighted by molar-refractivity contribution is -0.136. The molecule has 0 atom stereocenters. The summed E-state index contributed by atoms with van der Waals surface area (Å²) in [6.45, 7) is 4.32. The molecule has 0 amide bonds. The van der Waals surface area contributed by atoms with Crippen molar-refractivity contribution in [3.8, 4) is 0 Å². The Morgan fingerprint density at radius 1 is 0.950 bits per heavy atom. The summed E-state index contributed by atoms with van der Waals surface area (Å²) in [6, 6.07) is 11.5. The topological polar surface area (TPSA) is 12.0 Å². The zero-order valence-corrected chi connectivity index (χ0v) is 11.4. The van der Waals surface area contributed by atoms with Crippen molar-refractivity contribution in [1.82, 2.24) is 0 Å². The van der Waals surface area contributed by atoms with Gasteiger partial charge in [-0.25, -0.2) is 0 Å². The minimum Gasteiger partial charge on any atom is -0.380 e. The molecule has 4 heteroatoms. The van der Waals surface area contributed by atoms with Crippen LogP contribution >= 0.6 is 0 Å². The fourth-order valence-electron chi connectivity index (χ4n) is 2.25. The highest BCUT2D eigenvalue weighted by Gasteiger charge is 2.32. The van der Waals surface area contributed by atoms with Crippen molar-refractivity contribution >= 4 is 5.69 Å². The summed E-state index contributed by atoms with van der Waals surface area (Å²) >= 11 is 0. The molecule has 2 aromatic rings. The first-order chi connectivity index (χ1) is 9.36. The average molecular weight is 279 g/mol. The normalized spacial score (nSPS) is 11.4. The van der Waals surface area contributed by atoms with Crippen molar-refractivity contribution in [3.05, 3.63) is 64.7 Å². The summed E-state index contributed by atoms with van der Waals surface area (Å²) < 4.78 is 38.6. The number of aryl methyl sites for hydroxylation is 2. The summed E-state index contributed by atoms with van der Waals surface area (Å²) in [5, 5.41) is 2.87. The van der Waals surface area contributed by atoms with Crippen molar-refractivity contribution in [2.45, 2.75) is 26.6 Å². The van der Waals surface area contributed by atoms with Gasteiger partial charge < -0.3 is 5.32 Å². The van der Waals surface area contributed by atoms with E-state index in [0.29, 0.717) is 6.54 Å². The standard InChI is InChI=1S/C16H16F3N/c1-11-7-12(2)9-13(8-11)10-20-15-6-4-3-5-14(15)16(17,18)19/h3-9,20H,10H2,1-2H3. The molecule has 106 valence electrons. The van der Waals surface area contributed by atoms with Gasteiger partial charge in [-0.2, -0.15) is 13.2 Å². The van der Waals surface area contributed by atoms with Crippen LogP contribution in [-0.2, 0) is 12.7 Å². The molecule has 0 aliphatic rings. The molecule has 0 unspecified atom stereocenters. The molecular weight excluding hydrogens is 263 g/mol. The van der Waals surface area contributed by atoms with Crippen LogP contribution in [0.2, 0.25) is 0 Å². The van der Waals surface area contributed by atoms with Crippen LogP contribution in [0.25, 0.3) is 0 Å². The maximum atomic E-state index is 12.9. The molecule has 0 fully saturated rings. The van der Waals surface area contributed by atoms with Gasteiger partial charge in [-0.3, -0.25) is 0 Å². The van der Waals surface area contributed by atoms with Crippen LogP contribution in [0.1, 0.15) is 22.3 Å². The van der Waals surface area contributed by atoms with Crippen molar-refractivity contribution in [2.75, 3.05) is 5.32 Å². The third-order valence-electron chi connectivity index (χ3n) is 3.00. The van der Waals surface area contributed by atoms with E-state index in [9.17, 15) is 13.2 Å². The highest BCUT2D eigenvalue weighted by Crippen LogP contribution is 2.34.